The third-order valence-electron chi connectivity index (χ3n) is 4.12. The van der Waals surface area contributed by atoms with E-state index in [9.17, 15) is 14.4 Å². The summed E-state index contributed by atoms with van der Waals surface area (Å²) in [5.74, 6) is -1.44. The van der Waals surface area contributed by atoms with E-state index in [1.54, 1.807) is 19.9 Å². The maximum Gasteiger partial charge on any atom is 0.336 e. The van der Waals surface area contributed by atoms with Crippen molar-refractivity contribution in [3.63, 3.8) is 0 Å². The zero-order chi connectivity index (χ0) is 19.4. The number of hydrogen-bond donors (Lipinski definition) is 2. The highest BCUT2D eigenvalue weighted by atomic mass is 16.5. The van der Waals surface area contributed by atoms with E-state index in [2.05, 4.69) is 5.32 Å². The molecular formula is C19H23NO6. The van der Waals surface area contributed by atoms with Gasteiger partial charge in [0, 0.05) is 17.5 Å². The number of aryl methyl sites for hydroxylation is 2. The van der Waals surface area contributed by atoms with Crippen LogP contribution in [0.1, 0.15) is 31.9 Å². The second kappa shape index (κ2) is 8.03. The monoisotopic (exact) mass is 361 g/mol. The number of benzene rings is 1. The molecule has 0 saturated carbocycles. The molecule has 1 heterocycles. The molecule has 0 aliphatic rings. The molecule has 140 valence electrons. The summed E-state index contributed by atoms with van der Waals surface area (Å²) in [6, 6.07) is 3.91. The third-order valence-corrected chi connectivity index (χ3v) is 4.12. The SMILES string of the molecule is CCc1cc2c(C)cc(=O)oc2cc1OCC(=O)N[C@H](C(=O)O)C(C)C. The van der Waals surface area contributed by atoms with Gasteiger partial charge in [-0.3, -0.25) is 4.79 Å². The van der Waals surface area contributed by atoms with Crippen LogP contribution in [0.4, 0.5) is 0 Å². The van der Waals surface area contributed by atoms with Crippen LogP contribution in [-0.2, 0) is 16.0 Å². The van der Waals surface area contributed by atoms with Gasteiger partial charge in [0.25, 0.3) is 5.91 Å². The lowest BCUT2D eigenvalue weighted by atomic mass is 10.0. The largest absolute Gasteiger partial charge is 0.483 e. The Labute approximate surface area is 151 Å². The van der Waals surface area contributed by atoms with Crippen LogP contribution in [0.5, 0.6) is 5.75 Å². The molecule has 1 atom stereocenters. The first-order valence-electron chi connectivity index (χ1n) is 8.45. The Morgan fingerprint density at radius 2 is 1.96 bits per heavy atom. The van der Waals surface area contributed by atoms with E-state index >= 15 is 0 Å². The van der Waals surface area contributed by atoms with Crippen molar-refractivity contribution in [1.29, 1.82) is 0 Å². The van der Waals surface area contributed by atoms with Crippen molar-refractivity contribution >= 4 is 22.8 Å². The maximum absolute atomic E-state index is 12.0. The molecule has 7 nitrogen and oxygen atoms in total. The van der Waals surface area contributed by atoms with E-state index in [1.807, 2.05) is 19.9 Å². The minimum absolute atomic E-state index is 0.249. The van der Waals surface area contributed by atoms with Crippen LogP contribution in [0.3, 0.4) is 0 Å². The van der Waals surface area contributed by atoms with Gasteiger partial charge < -0.3 is 19.6 Å². The van der Waals surface area contributed by atoms with Crippen LogP contribution in [0, 0.1) is 12.8 Å². The molecule has 7 heteroatoms. The van der Waals surface area contributed by atoms with Crippen LogP contribution in [-0.4, -0.2) is 29.6 Å². The van der Waals surface area contributed by atoms with E-state index in [-0.39, 0.29) is 12.5 Å². The predicted molar refractivity (Wildman–Crippen MR) is 96.5 cm³/mol. The average Bonchev–Trinajstić information content (AvgIpc) is 2.56. The lowest BCUT2D eigenvalue weighted by Gasteiger charge is -2.18. The molecule has 2 rings (SSSR count). The number of aliphatic carboxylic acids is 1. The van der Waals surface area contributed by atoms with E-state index in [4.69, 9.17) is 14.3 Å². The summed E-state index contributed by atoms with van der Waals surface area (Å²) in [7, 11) is 0. The van der Waals surface area contributed by atoms with Crippen molar-refractivity contribution in [2.45, 2.75) is 40.2 Å². The highest BCUT2D eigenvalue weighted by Crippen LogP contribution is 2.27. The maximum atomic E-state index is 12.0. The Balaban J connectivity index is 2.21. The molecule has 0 unspecified atom stereocenters. The fraction of sp³-hybridized carbons (Fsp3) is 0.421. The Morgan fingerprint density at radius 1 is 1.27 bits per heavy atom. The number of fused-ring (bicyclic) bond motifs is 1. The third kappa shape index (κ3) is 4.41. The van der Waals surface area contributed by atoms with Gasteiger partial charge in [-0.2, -0.15) is 0 Å². The zero-order valence-corrected chi connectivity index (χ0v) is 15.3. The second-order valence-corrected chi connectivity index (χ2v) is 6.47. The van der Waals surface area contributed by atoms with Gasteiger partial charge in [-0.25, -0.2) is 9.59 Å². The molecule has 1 aromatic carbocycles. The smallest absolute Gasteiger partial charge is 0.336 e. The molecule has 26 heavy (non-hydrogen) atoms. The number of ether oxygens (including phenoxy) is 1. The summed E-state index contributed by atoms with van der Waals surface area (Å²) in [4.78, 5) is 34.8. The summed E-state index contributed by atoms with van der Waals surface area (Å²) in [5, 5.41) is 12.4. The van der Waals surface area contributed by atoms with Crippen molar-refractivity contribution in [3.05, 3.63) is 39.7 Å². The predicted octanol–water partition coefficient (Wildman–Crippen LogP) is 2.27. The van der Waals surface area contributed by atoms with Crippen molar-refractivity contribution in [2.24, 2.45) is 5.92 Å². The molecule has 1 amide bonds. The van der Waals surface area contributed by atoms with Crippen molar-refractivity contribution < 1.29 is 23.8 Å². The number of carboxylic acids is 1. The van der Waals surface area contributed by atoms with Gasteiger partial charge in [0.1, 0.15) is 17.4 Å². The number of nitrogens with one attached hydrogen (secondary N) is 1. The van der Waals surface area contributed by atoms with E-state index in [1.165, 1.54) is 6.07 Å². The minimum atomic E-state index is -1.09. The molecule has 0 aliphatic heterocycles. The number of carboxylic acid groups (broad SMARTS) is 1. The minimum Gasteiger partial charge on any atom is -0.483 e. The summed E-state index contributed by atoms with van der Waals surface area (Å²) >= 11 is 0. The molecule has 0 saturated heterocycles. The van der Waals surface area contributed by atoms with Gasteiger partial charge in [0.15, 0.2) is 6.61 Å². The van der Waals surface area contributed by atoms with Crippen molar-refractivity contribution in [3.8, 4) is 5.75 Å². The normalized spacial score (nSPS) is 12.2. The van der Waals surface area contributed by atoms with Crippen molar-refractivity contribution in [2.75, 3.05) is 6.61 Å². The Bertz CT molecular complexity index is 883. The Morgan fingerprint density at radius 3 is 2.54 bits per heavy atom. The molecule has 0 fully saturated rings. The fourth-order valence-electron chi connectivity index (χ4n) is 2.67. The van der Waals surface area contributed by atoms with Gasteiger partial charge >= 0.3 is 11.6 Å². The van der Waals surface area contributed by atoms with Gasteiger partial charge in [-0.15, -0.1) is 0 Å². The van der Waals surface area contributed by atoms with E-state index in [0.29, 0.717) is 17.8 Å². The molecular weight excluding hydrogens is 338 g/mol. The zero-order valence-electron chi connectivity index (χ0n) is 15.3. The molecule has 0 radical (unpaired) electrons. The first kappa shape index (κ1) is 19.5. The lowest BCUT2D eigenvalue weighted by molar-refractivity contribution is -0.143. The molecule has 0 spiro atoms. The molecule has 2 aromatic rings. The molecule has 0 bridgehead atoms. The number of hydrogen-bond acceptors (Lipinski definition) is 5. The van der Waals surface area contributed by atoms with E-state index in [0.717, 1.165) is 16.5 Å². The van der Waals surface area contributed by atoms with Crippen LogP contribution < -0.4 is 15.7 Å². The summed E-state index contributed by atoms with van der Waals surface area (Å²) < 4.78 is 10.8. The molecule has 0 aliphatic carbocycles. The van der Waals surface area contributed by atoms with Gasteiger partial charge in [0.2, 0.25) is 0 Å². The second-order valence-electron chi connectivity index (χ2n) is 6.47. The highest BCUT2D eigenvalue weighted by molar-refractivity contribution is 5.85. The van der Waals surface area contributed by atoms with Crippen LogP contribution >= 0.6 is 0 Å². The van der Waals surface area contributed by atoms with Crippen LogP contribution in [0.25, 0.3) is 11.0 Å². The number of amides is 1. The number of rotatable bonds is 7. The first-order valence-corrected chi connectivity index (χ1v) is 8.45. The van der Waals surface area contributed by atoms with Crippen LogP contribution in [0.2, 0.25) is 0 Å². The standard InChI is InChI=1S/C19H23NO6/c1-5-12-7-13-11(4)6-17(22)26-15(13)8-14(12)25-9-16(21)20-18(10(2)3)19(23)24/h6-8,10,18H,5,9H2,1-4H3,(H,20,21)(H,23,24)/t18-/m0/s1. The summed E-state index contributed by atoms with van der Waals surface area (Å²) in [6.45, 7) is 6.86. The summed E-state index contributed by atoms with van der Waals surface area (Å²) in [6.07, 6.45) is 0.662. The topological polar surface area (TPSA) is 106 Å². The summed E-state index contributed by atoms with van der Waals surface area (Å²) in [5.41, 5.74) is 1.59. The van der Waals surface area contributed by atoms with Crippen molar-refractivity contribution in [1.82, 2.24) is 5.32 Å². The fourth-order valence-corrected chi connectivity index (χ4v) is 2.67. The van der Waals surface area contributed by atoms with Gasteiger partial charge in [-0.05, 0) is 36.5 Å². The van der Waals surface area contributed by atoms with E-state index < -0.39 is 23.5 Å². The average molecular weight is 361 g/mol. The molecule has 1 aromatic heterocycles. The van der Waals surface area contributed by atoms with Crippen LogP contribution in [0.15, 0.2) is 27.4 Å². The number of carbonyl (C=O) groups is 2. The quantitative estimate of drug-likeness (QED) is 0.733. The number of carbonyl (C=O) groups excluding carboxylic acids is 1. The molecule has 2 N–H and O–H groups in total. The van der Waals surface area contributed by atoms with Gasteiger partial charge in [-0.1, -0.05) is 20.8 Å². The Hall–Kier alpha value is -2.83. The highest BCUT2D eigenvalue weighted by Gasteiger charge is 2.23. The first-order chi connectivity index (χ1) is 12.2. The van der Waals surface area contributed by atoms with Gasteiger partial charge in [0.05, 0.1) is 0 Å². The lowest BCUT2D eigenvalue weighted by Crippen LogP contribution is -2.46. The Kier molecular flexibility index (Phi) is 6.02.